The van der Waals surface area contributed by atoms with Gasteiger partial charge in [0.05, 0.1) is 12.5 Å². The summed E-state index contributed by atoms with van der Waals surface area (Å²) in [6.07, 6.45) is 0. The Kier molecular flexibility index (Phi) is 6.82. The quantitative estimate of drug-likeness (QED) is 0.333. The maximum atomic E-state index is 13.4. The number of rotatable bonds is 6. The summed E-state index contributed by atoms with van der Waals surface area (Å²) >= 11 is 12.4. The van der Waals surface area contributed by atoms with Crippen molar-refractivity contribution in [3.05, 3.63) is 86.0 Å². The first-order chi connectivity index (χ1) is 16.3. The summed E-state index contributed by atoms with van der Waals surface area (Å²) in [6.45, 7) is 3.21. The Morgan fingerprint density at radius 3 is 2.47 bits per heavy atom. The Morgan fingerprint density at radius 1 is 1.03 bits per heavy atom. The molecule has 0 spiro atoms. The smallest absolute Gasteiger partial charge is 0.262 e. The molecule has 0 aliphatic rings. The molecular weight excluding hydrogens is 477 g/mol. The van der Waals surface area contributed by atoms with Gasteiger partial charge in [-0.2, -0.15) is 0 Å². The number of halogens is 2. The highest BCUT2D eigenvalue weighted by Crippen LogP contribution is 2.33. The predicted molar refractivity (Wildman–Crippen MR) is 135 cm³/mol. The molecule has 0 aliphatic carbocycles. The van der Waals surface area contributed by atoms with Crippen LogP contribution < -0.4 is 20.2 Å². The molecule has 0 bridgehead atoms. The number of aryl methyl sites for hydroxylation is 1. The lowest BCUT2D eigenvalue weighted by Gasteiger charge is -2.13. The Morgan fingerprint density at radius 2 is 1.76 bits per heavy atom. The fraction of sp³-hybridized carbons (Fsp3) is 0.154. The summed E-state index contributed by atoms with van der Waals surface area (Å²) in [7, 11) is 1.56. The molecule has 1 heterocycles. The standard InChI is InChI=1S/C26H21Cl2NO5/c1-14-11-22-18(12-20(14)28)24(31)26(25(34-22)16-7-9-17(32-3)10-8-16)33-13-23(30)29-21-6-4-5-19(27)15(21)2/h4-12H,13H2,1-3H3,(H,29,30). The van der Waals surface area contributed by atoms with Crippen molar-refractivity contribution < 1.29 is 18.7 Å². The number of nitrogens with one attached hydrogen (secondary N) is 1. The van der Waals surface area contributed by atoms with Crippen LogP contribution in [0.15, 0.2) is 63.8 Å². The van der Waals surface area contributed by atoms with Gasteiger partial charge in [-0.05, 0) is 73.5 Å². The molecule has 174 valence electrons. The Labute approximate surface area is 206 Å². The van der Waals surface area contributed by atoms with Crippen LogP contribution in [0, 0.1) is 13.8 Å². The molecule has 0 aliphatic heterocycles. The van der Waals surface area contributed by atoms with Crippen molar-refractivity contribution in [2.45, 2.75) is 13.8 Å². The fourth-order valence-corrected chi connectivity index (χ4v) is 3.77. The minimum Gasteiger partial charge on any atom is -0.497 e. The lowest BCUT2D eigenvalue weighted by molar-refractivity contribution is -0.118. The van der Waals surface area contributed by atoms with Crippen LogP contribution in [-0.2, 0) is 4.79 Å². The average molecular weight is 498 g/mol. The van der Waals surface area contributed by atoms with Crippen molar-refractivity contribution in [1.82, 2.24) is 0 Å². The number of carbonyl (C=O) groups excluding carboxylic acids is 1. The highest BCUT2D eigenvalue weighted by Gasteiger charge is 2.20. The summed E-state index contributed by atoms with van der Waals surface area (Å²) < 4.78 is 17.0. The minimum absolute atomic E-state index is 0.0875. The Balaban J connectivity index is 1.72. The monoisotopic (exact) mass is 497 g/mol. The van der Waals surface area contributed by atoms with Gasteiger partial charge >= 0.3 is 0 Å². The lowest BCUT2D eigenvalue weighted by atomic mass is 10.1. The topological polar surface area (TPSA) is 77.8 Å². The SMILES string of the molecule is COc1ccc(-c2oc3cc(C)c(Cl)cc3c(=O)c2OCC(=O)Nc2cccc(Cl)c2C)cc1. The largest absolute Gasteiger partial charge is 0.497 e. The van der Waals surface area contributed by atoms with Gasteiger partial charge in [-0.15, -0.1) is 0 Å². The fourth-order valence-electron chi connectivity index (χ4n) is 3.43. The van der Waals surface area contributed by atoms with Crippen molar-refractivity contribution in [3.63, 3.8) is 0 Å². The van der Waals surface area contributed by atoms with Gasteiger partial charge in [-0.3, -0.25) is 9.59 Å². The zero-order valence-corrected chi connectivity index (χ0v) is 20.2. The van der Waals surface area contributed by atoms with Crippen LogP contribution in [-0.4, -0.2) is 19.6 Å². The molecule has 0 saturated heterocycles. The first kappa shape index (κ1) is 23.7. The number of fused-ring (bicyclic) bond motifs is 1. The van der Waals surface area contributed by atoms with E-state index in [-0.39, 0.29) is 16.9 Å². The number of ether oxygens (including phenoxy) is 2. The predicted octanol–water partition coefficient (Wildman–Crippen LogP) is 6.41. The number of hydrogen-bond acceptors (Lipinski definition) is 5. The number of amides is 1. The van der Waals surface area contributed by atoms with Crippen molar-refractivity contribution in [2.75, 3.05) is 19.0 Å². The number of methoxy groups -OCH3 is 1. The van der Waals surface area contributed by atoms with E-state index in [1.54, 1.807) is 62.6 Å². The van der Waals surface area contributed by atoms with Crippen LogP contribution >= 0.6 is 23.2 Å². The molecule has 4 rings (SSSR count). The van der Waals surface area contributed by atoms with Gasteiger partial charge in [-0.1, -0.05) is 29.3 Å². The molecule has 8 heteroatoms. The third-order valence-electron chi connectivity index (χ3n) is 5.37. The molecule has 6 nitrogen and oxygen atoms in total. The van der Waals surface area contributed by atoms with Gasteiger partial charge in [0.2, 0.25) is 11.2 Å². The van der Waals surface area contributed by atoms with Crippen LogP contribution in [0.4, 0.5) is 5.69 Å². The molecule has 4 aromatic rings. The van der Waals surface area contributed by atoms with Crippen molar-refractivity contribution >= 4 is 45.8 Å². The van der Waals surface area contributed by atoms with E-state index >= 15 is 0 Å². The first-order valence-electron chi connectivity index (χ1n) is 10.4. The van der Waals surface area contributed by atoms with Crippen LogP contribution in [0.25, 0.3) is 22.3 Å². The van der Waals surface area contributed by atoms with Gasteiger partial charge in [0.15, 0.2) is 12.4 Å². The summed E-state index contributed by atoms with van der Waals surface area (Å²) in [5, 5.41) is 3.97. The van der Waals surface area contributed by atoms with Crippen LogP contribution in [0.5, 0.6) is 11.5 Å². The average Bonchev–Trinajstić information content (AvgIpc) is 2.82. The number of carbonyl (C=O) groups is 1. The third-order valence-corrected chi connectivity index (χ3v) is 6.19. The Bertz CT molecular complexity index is 1440. The van der Waals surface area contributed by atoms with Gasteiger partial charge in [0.25, 0.3) is 5.91 Å². The molecule has 34 heavy (non-hydrogen) atoms. The van der Waals surface area contributed by atoms with Crippen molar-refractivity contribution in [3.8, 4) is 22.8 Å². The molecule has 3 aromatic carbocycles. The second kappa shape index (κ2) is 9.79. The molecule has 0 atom stereocenters. The van der Waals surface area contributed by atoms with Gasteiger partial charge in [0.1, 0.15) is 11.3 Å². The van der Waals surface area contributed by atoms with Crippen LogP contribution in [0.3, 0.4) is 0 Å². The second-order valence-electron chi connectivity index (χ2n) is 7.66. The number of benzene rings is 3. The number of anilines is 1. The molecule has 0 radical (unpaired) electrons. The van der Waals surface area contributed by atoms with Crippen LogP contribution in [0.2, 0.25) is 10.0 Å². The zero-order chi connectivity index (χ0) is 24.4. The third kappa shape index (κ3) is 4.74. The highest BCUT2D eigenvalue weighted by atomic mass is 35.5. The molecule has 1 aromatic heterocycles. The highest BCUT2D eigenvalue weighted by molar-refractivity contribution is 6.32. The molecule has 0 fully saturated rings. The minimum atomic E-state index is -0.451. The molecule has 0 unspecified atom stereocenters. The van der Waals surface area contributed by atoms with Crippen molar-refractivity contribution in [2.24, 2.45) is 0 Å². The lowest BCUT2D eigenvalue weighted by Crippen LogP contribution is -2.23. The van der Waals surface area contributed by atoms with Gasteiger partial charge in [0, 0.05) is 21.3 Å². The van der Waals surface area contributed by atoms with Crippen molar-refractivity contribution in [1.29, 1.82) is 0 Å². The summed E-state index contributed by atoms with van der Waals surface area (Å²) in [5.74, 6) is 0.310. The Hall–Kier alpha value is -3.48. The van der Waals surface area contributed by atoms with E-state index in [4.69, 9.17) is 37.1 Å². The maximum absolute atomic E-state index is 13.4. The maximum Gasteiger partial charge on any atom is 0.262 e. The molecule has 1 amide bonds. The van der Waals surface area contributed by atoms with E-state index in [1.165, 1.54) is 6.07 Å². The molecular formula is C26H21Cl2NO5. The van der Waals surface area contributed by atoms with Gasteiger partial charge in [-0.25, -0.2) is 0 Å². The summed E-state index contributed by atoms with van der Waals surface area (Å²) in [6, 6.07) is 15.4. The van der Waals surface area contributed by atoms with E-state index in [2.05, 4.69) is 5.32 Å². The van der Waals surface area contributed by atoms with E-state index in [0.29, 0.717) is 32.6 Å². The zero-order valence-electron chi connectivity index (χ0n) is 18.7. The van der Waals surface area contributed by atoms with Gasteiger partial charge < -0.3 is 19.2 Å². The second-order valence-corrected chi connectivity index (χ2v) is 8.48. The molecule has 1 N–H and O–H groups in total. The van der Waals surface area contributed by atoms with E-state index in [1.807, 2.05) is 6.92 Å². The first-order valence-corrected chi connectivity index (χ1v) is 11.1. The summed E-state index contributed by atoms with van der Waals surface area (Å²) in [4.78, 5) is 26.0. The summed E-state index contributed by atoms with van der Waals surface area (Å²) in [5.41, 5.74) is 2.58. The van der Waals surface area contributed by atoms with E-state index in [0.717, 1.165) is 11.1 Å². The molecule has 0 saturated carbocycles. The van der Waals surface area contributed by atoms with E-state index < -0.39 is 17.9 Å². The van der Waals surface area contributed by atoms with Crippen LogP contribution in [0.1, 0.15) is 11.1 Å². The number of hydrogen-bond donors (Lipinski definition) is 1. The van der Waals surface area contributed by atoms with E-state index in [9.17, 15) is 9.59 Å². The normalized spacial score (nSPS) is 10.9.